The summed E-state index contributed by atoms with van der Waals surface area (Å²) >= 11 is 2.22. The molecule has 3 rings (SSSR count). The molecule has 0 heterocycles. The molecule has 0 atom stereocenters. The van der Waals surface area contributed by atoms with E-state index in [9.17, 15) is 14.4 Å². The predicted molar refractivity (Wildman–Crippen MR) is 138 cm³/mol. The first-order valence-electron chi connectivity index (χ1n) is 10.2. The van der Waals surface area contributed by atoms with Crippen LogP contribution in [0.3, 0.4) is 0 Å². The zero-order chi connectivity index (χ0) is 24.2. The fourth-order valence-electron chi connectivity index (χ4n) is 3.02. The molecule has 0 saturated heterocycles. The third-order valence-corrected chi connectivity index (χ3v) is 5.69. The molecule has 0 aromatic heterocycles. The number of halogens is 1. The number of nitrogens with one attached hydrogen (secondary N) is 3. The van der Waals surface area contributed by atoms with Crippen molar-refractivity contribution in [2.45, 2.75) is 26.3 Å². The van der Waals surface area contributed by atoms with E-state index in [1.54, 1.807) is 36.4 Å². The molecule has 0 aliphatic carbocycles. The smallest absolute Gasteiger partial charge is 0.328 e. The van der Waals surface area contributed by atoms with E-state index in [0.29, 0.717) is 11.3 Å². The summed E-state index contributed by atoms with van der Waals surface area (Å²) in [5.74, 6) is -1.56. The lowest BCUT2D eigenvalue weighted by Crippen LogP contribution is -2.49. The predicted octanol–water partition coefficient (Wildman–Crippen LogP) is 5.50. The van der Waals surface area contributed by atoms with Crippen molar-refractivity contribution >= 4 is 51.9 Å². The van der Waals surface area contributed by atoms with Crippen molar-refractivity contribution in [2.24, 2.45) is 0 Å². The van der Waals surface area contributed by atoms with Crippen LogP contribution in [-0.4, -0.2) is 28.6 Å². The second-order valence-electron chi connectivity index (χ2n) is 8.08. The quantitative estimate of drug-likeness (QED) is 0.300. The van der Waals surface area contributed by atoms with E-state index < -0.39 is 17.4 Å². The number of carboxylic acid groups (broad SMARTS) is 1. The molecule has 0 saturated carbocycles. The van der Waals surface area contributed by atoms with Crippen LogP contribution in [0.1, 0.15) is 29.8 Å². The normalized spacial score (nSPS) is 10.9. The van der Waals surface area contributed by atoms with Crippen molar-refractivity contribution < 1.29 is 19.5 Å². The molecule has 4 N–H and O–H groups in total. The number of rotatable bonds is 6. The molecule has 7 nitrogen and oxygen atoms in total. The number of aliphatic carboxylic acids is 1. The lowest BCUT2D eigenvalue weighted by atomic mass is 10.0. The Morgan fingerprint density at radius 3 is 1.97 bits per heavy atom. The number of benzene rings is 3. The monoisotopic (exact) mass is 557 g/mol. The Labute approximate surface area is 205 Å². The Balaban J connectivity index is 1.63. The topological polar surface area (TPSA) is 108 Å². The highest BCUT2D eigenvalue weighted by molar-refractivity contribution is 14.1. The van der Waals surface area contributed by atoms with Gasteiger partial charge < -0.3 is 21.1 Å². The molecule has 8 heteroatoms. The van der Waals surface area contributed by atoms with E-state index >= 15 is 0 Å². The van der Waals surface area contributed by atoms with E-state index in [-0.39, 0.29) is 6.03 Å². The number of carbonyl (C=O) groups excluding carboxylic acids is 2. The Morgan fingerprint density at radius 2 is 1.42 bits per heavy atom. The highest BCUT2D eigenvalue weighted by atomic mass is 127. The van der Waals surface area contributed by atoms with Gasteiger partial charge in [0, 0.05) is 20.5 Å². The average Bonchev–Trinajstić information content (AvgIpc) is 2.76. The number of carbonyl (C=O) groups is 3. The number of carboxylic acids is 1. The van der Waals surface area contributed by atoms with Crippen molar-refractivity contribution in [3.05, 3.63) is 81.4 Å². The first-order valence-corrected chi connectivity index (χ1v) is 11.2. The molecule has 3 aromatic carbocycles. The molecule has 0 bridgehead atoms. The van der Waals surface area contributed by atoms with Crippen LogP contribution in [0.2, 0.25) is 0 Å². The van der Waals surface area contributed by atoms with Gasteiger partial charge in [-0.15, -0.1) is 0 Å². The maximum absolute atomic E-state index is 12.3. The van der Waals surface area contributed by atoms with Gasteiger partial charge in [-0.1, -0.05) is 24.3 Å². The van der Waals surface area contributed by atoms with Gasteiger partial charge in [0.15, 0.2) is 0 Å². The number of anilines is 2. The van der Waals surface area contributed by atoms with Crippen molar-refractivity contribution in [1.82, 2.24) is 5.32 Å². The van der Waals surface area contributed by atoms with Gasteiger partial charge in [-0.3, -0.25) is 4.79 Å². The van der Waals surface area contributed by atoms with Crippen LogP contribution in [0.4, 0.5) is 16.2 Å². The van der Waals surface area contributed by atoms with Gasteiger partial charge in [0.25, 0.3) is 5.91 Å². The molecule has 3 aromatic rings. The highest BCUT2D eigenvalue weighted by Crippen LogP contribution is 2.23. The van der Waals surface area contributed by atoms with Crippen LogP contribution in [0.15, 0.2) is 66.7 Å². The Morgan fingerprint density at radius 1 is 0.848 bits per heavy atom. The Hall–Kier alpha value is -3.40. The molecule has 33 heavy (non-hydrogen) atoms. The number of aryl methyl sites for hydroxylation is 1. The lowest BCUT2D eigenvalue weighted by molar-refractivity contribution is -0.143. The Kier molecular flexibility index (Phi) is 7.37. The largest absolute Gasteiger partial charge is 0.480 e. The molecule has 0 aliphatic heterocycles. The van der Waals surface area contributed by atoms with Crippen LogP contribution >= 0.6 is 22.6 Å². The number of hydrogen-bond donors (Lipinski definition) is 4. The molecule has 0 fully saturated rings. The maximum Gasteiger partial charge on any atom is 0.328 e. The van der Waals surface area contributed by atoms with Crippen LogP contribution in [0.25, 0.3) is 11.1 Å². The minimum atomic E-state index is -1.36. The molecule has 0 spiro atoms. The van der Waals surface area contributed by atoms with Gasteiger partial charge in [-0.2, -0.15) is 0 Å². The van der Waals surface area contributed by atoms with Gasteiger partial charge in [0.2, 0.25) is 0 Å². The van der Waals surface area contributed by atoms with E-state index in [0.717, 1.165) is 25.9 Å². The summed E-state index contributed by atoms with van der Waals surface area (Å²) in [7, 11) is 0. The molecular formula is C25H24IN3O4. The van der Waals surface area contributed by atoms with Crippen LogP contribution in [0.5, 0.6) is 0 Å². The maximum atomic E-state index is 12.3. The summed E-state index contributed by atoms with van der Waals surface area (Å²) in [4.78, 5) is 35.8. The van der Waals surface area contributed by atoms with Gasteiger partial charge in [0.1, 0.15) is 5.54 Å². The molecule has 0 aliphatic rings. The SMILES string of the molecule is Cc1cc(I)ccc1NC(=O)Nc1ccc(-c2ccc(C(=O)NC(C)(C)C(=O)O)cc2)cc1. The van der Waals surface area contributed by atoms with Crippen molar-refractivity contribution in [2.75, 3.05) is 10.6 Å². The molecule has 0 radical (unpaired) electrons. The first kappa shape index (κ1) is 24.2. The molecule has 0 unspecified atom stereocenters. The first-order chi connectivity index (χ1) is 15.5. The second kappa shape index (κ2) is 10.0. The van der Waals surface area contributed by atoms with Crippen LogP contribution < -0.4 is 16.0 Å². The third-order valence-electron chi connectivity index (χ3n) is 5.02. The molecule has 3 amide bonds. The minimum absolute atomic E-state index is 0.327. The molecular weight excluding hydrogens is 533 g/mol. The van der Waals surface area contributed by atoms with Gasteiger partial charge in [0.05, 0.1) is 0 Å². The summed E-state index contributed by atoms with van der Waals surface area (Å²) in [5, 5.41) is 17.3. The highest BCUT2D eigenvalue weighted by Gasteiger charge is 2.29. The standard InChI is InChI=1S/C25H24IN3O4/c1-15-14-19(26)10-13-21(15)28-24(33)27-20-11-8-17(9-12-20)16-4-6-18(7-5-16)22(30)29-25(2,3)23(31)32/h4-14H,1-3H3,(H,29,30)(H,31,32)(H2,27,28,33). The fourth-order valence-corrected chi connectivity index (χ4v) is 3.67. The third kappa shape index (κ3) is 6.32. The second-order valence-corrected chi connectivity index (χ2v) is 9.32. The average molecular weight is 557 g/mol. The van der Waals surface area contributed by atoms with Crippen LogP contribution in [-0.2, 0) is 4.79 Å². The van der Waals surface area contributed by atoms with E-state index in [1.807, 2.05) is 37.3 Å². The van der Waals surface area contributed by atoms with Crippen molar-refractivity contribution in [1.29, 1.82) is 0 Å². The minimum Gasteiger partial charge on any atom is -0.480 e. The summed E-state index contributed by atoms with van der Waals surface area (Å²) in [6.45, 7) is 4.80. The summed E-state index contributed by atoms with van der Waals surface area (Å²) < 4.78 is 1.10. The Bertz CT molecular complexity index is 1190. The van der Waals surface area contributed by atoms with Crippen molar-refractivity contribution in [3.63, 3.8) is 0 Å². The van der Waals surface area contributed by atoms with Crippen LogP contribution in [0, 0.1) is 10.5 Å². The van der Waals surface area contributed by atoms with Gasteiger partial charge in [-0.05, 0) is 103 Å². The van der Waals surface area contributed by atoms with Gasteiger partial charge in [-0.25, -0.2) is 9.59 Å². The zero-order valence-corrected chi connectivity index (χ0v) is 20.6. The summed E-state index contributed by atoms with van der Waals surface area (Å²) in [6, 6.07) is 19.7. The lowest BCUT2D eigenvalue weighted by Gasteiger charge is -2.21. The number of amides is 3. The number of urea groups is 1. The fraction of sp³-hybridized carbons (Fsp3) is 0.160. The zero-order valence-electron chi connectivity index (χ0n) is 18.4. The summed E-state index contributed by atoms with van der Waals surface area (Å²) in [6.07, 6.45) is 0. The summed E-state index contributed by atoms with van der Waals surface area (Å²) in [5.41, 5.74) is 3.18. The van der Waals surface area contributed by atoms with E-state index in [2.05, 4.69) is 38.5 Å². The van der Waals surface area contributed by atoms with Gasteiger partial charge >= 0.3 is 12.0 Å². The number of hydrogen-bond acceptors (Lipinski definition) is 3. The van der Waals surface area contributed by atoms with Crippen molar-refractivity contribution in [3.8, 4) is 11.1 Å². The molecule has 170 valence electrons. The van der Waals surface area contributed by atoms with E-state index in [4.69, 9.17) is 5.11 Å². The van der Waals surface area contributed by atoms with E-state index in [1.165, 1.54) is 13.8 Å².